The first-order valence-corrected chi connectivity index (χ1v) is 6.96. The van der Waals surface area contributed by atoms with Crippen molar-refractivity contribution in [2.45, 2.75) is 6.04 Å². The van der Waals surface area contributed by atoms with Crippen LogP contribution in [0.25, 0.3) is 0 Å². The van der Waals surface area contributed by atoms with Gasteiger partial charge in [-0.1, -0.05) is 23.7 Å². The fourth-order valence-electron chi connectivity index (χ4n) is 2.37. The molecule has 3 nitrogen and oxygen atoms in total. The second kappa shape index (κ2) is 6.78. The van der Waals surface area contributed by atoms with E-state index in [9.17, 15) is 4.39 Å². The molecule has 2 N–H and O–H groups in total. The summed E-state index contributed by atoms with van der Waals surface area (Å²) in [6.07, 6.45) is 0. The van der Waals surface area contributed by atoms with Crippen LogP contribution in [0, 0.1) is 5.82 Å². The fourth-order valence-corrected chi connectivity index (χ4v) is 2.60. The van der Waals surface area contributed by atoms with Crippen molar-refractivity contribution in [3.05, 3.63) is 58.9 Å². The third-order valence-corrected chi connectivity index (χ3v) is 3.64. The highest BCUT2D eigenvalue weighted by atomic mass is 35.5. The van der Waals surface area contributed by atoms with Crippen molar-refractivity contribution < 1.29 is 9.13 Å². The largest absolute Gasteiger partial charge is 0.495 e. The van der Waals surface area contributed by atoms with Crippen molar-refractivity contribution >= 4 is 17.3 Å². The first-order valence-electron chi connectivity index (χ1n) is 6.58. The van der Waals surface area contributed by atoms with Crippen LogP contribution < -0.4 is 15.4 Å². The molecule has 0 aromatic heterocycles. The third kappa shape index (κ3) is 3.46. The topological polar surface area (TPSA) is 38.5 Å². The van der Waals surface area contributed by atoms with Crippen molar-refractivity contribution in [3.8, 4) is 5.75 Å². The Hall–Kier alpha value is -1.78. The standard InChI is InChI=1S/C16H18ClFN2O/c1-20(14-5-3-4-6-16(14)21-2)15(10-19)11-7-12(17)9-13(18)8-11/h3-9,15H,10,19H2,1-2H3. The summed E-state index contributed by atoms with van der Waals surface area (Å²) >= 11 is 5.94. The number of nitrogens with two attached hydrogens (primary N) is 1. The molecule has 2 aromatic rings. The number of hydrogen-bond donors (Lipinski definition) is 1. The minimum absolute atomic E-state index is 0.200. The summed E-state index contributed by atoms with van der Waals surface area (Å²) in [4.78, 5) is 1.96. The van der Waals surface area contributed by atoms with Crippen LogP contribution >= 0.6 is 11.6 Å². The third-order valence-electron chi connectivity index (χ3n) is 3.43. The van der Waals surface area contributed by atoms with Gasteiger partial charge in [0.15, 0.2) is 0 Å². The summed E-state index contributed by atoms with van der Waals surface area (Å²) in [5, 5.41) is 0.358. The highest BCUT2D eigenvalue weighted by Crippen LogP contribution is 2.33. The molecule has 0 aliphatic heterocycles. The van der Waals surface area contributed by atoms with E-state index in [1.54, 1.807) is 13.2 Å². The monoisotopic (exact) mass is 308 g/mol. The van der Waals surface area contributed by atoms with Crippen LogP contribution in [-0.4, -0.2) is 20.7 Å². The molecular weight excluding hydrogens is 291 g/mol. The fraction of sp³-hybridized carbons (Fsp3) is 0.250. The number of hydrogen-bond acceptors (Lipinski definition) is 3. The van der Waals surface area contributed by atoms with Gasteiger partial charge in [-0.05, 0) is 35.9 Å². The Morgan fingerprint density at radius 2 is 2.00 bits per heavy atom. The maximum Gasteiger partial charge on any atom is 0.142 e. The SMILES string of the molecule is COc1ccccc1N(C)C(CN)c1cc(F)cc(Cl)c1. The molecule has 112 valence electrons. The lowest BCUT2D eigenvalue weighted by Crippen LogP contribution is -2.30. The van der Waals surface area contributed by atoms with E-state index in [1.807, 2.05) is 36.2 Å². The molecule has 5 heteroatoms. The van der Waals surface area contributed by atoms with Gasteiger partial charge in [0.25, 0.3) is 0 Å². The molecule has 0 fully saturated rings. The summed E-state index contributed by atoms with van der Waals surface area (Å²) in [6.45, 7) is 0.328. The first kappa shape index (κ1) is 15.6. The zero-order valence-electron chi connectivity index (χ0n) is 12.0. The molecule has 0 heterocycles. The zero-order chi connectivity index (χ0) is 15.4. The minimum atomic E-state index is -0.371. The minimum Gasteiger partial charge on any atom is -0.495 e. The van der Waals surface area contributed by atoms with Gasteiger partial charge in [-0.15, -0.1) is 0 Å². The normalized spacial score (nSPS) is 12.0. The van der Waals surface area contributed by atoms with Crippen LogP contribution in [0.2, 0.25) is 5.02 Å². The predicted octanol–water partition coefficient (Wildman–Crippen LogP) is 3.62. The van der Waals surface area contributed by atoms with Gasteiger partial charge in [-0.25, -0.2) is 4.39 Å². The van der Waals surface area contributed by atoms with E-state index in [0.29, 0.717) is 11.6 Å². The Morgan fingerprint density at radius 1 is 1.29 bits per heavy atom. The highest BCUT2D eigenvalue weighted by molar-refractivity contribution is 6.30. The summed E-state index contributed by atoms with van der Waals surface area (Å²) in [5.74, 6) is 0.366. The number of nitrogens with zero attached hydrogens (tertiary/aromatic N) is 1. The van der Waals surface area contributed by atoms with E-state index in [-0.39, 0.29) is 11.9 Å². The molecule has 0 bridgehead atoms. The van der Waals surface area contributed by atoms with Crippen molar-refractivity contribution in [2.24, 2.45) is 5.73 Å². The van der Waals surface area contributed by atoms with Crippen molar-refractivity contribution in [1.82, 2.24) is 0 Å². The molecule has 0 saturated heterocycles. The Morgan fingerprint density at radius 3 is 2.62 bits per heavy atom. The van der Waals surface area contributed by atoms with Gasteiger partial charge in [0.1, 0.15) is 11.6 Å². The quantitative estimate of drug-likeness (QED) is 0.917. The second-order valence-corrected chi connectivity index (χ2v) is 5.17. The molecular formula is C16H18ClFN2O. The lowest BCUT2D eigenvalue weighted by atomic mass is 10.0. The van der Waals surface area contributed by atoms with Gasteiger partial charge in [-0.2, -0.15) is 0 Å². The predicted molar refractivity (Wildman–Crippen MR) is 84.6 cm³/mol. The molecule has 0 radical (unpaired) electrons. The molecule has 1 atom stereocenters. The van der Waals surface area contributed by atoms with Gasteiger partial charge in [0, 0.05) is 18.6 Å². The zero-order valence-corrected chi connectivity index (χ0v) is 12.8. The van der Waals surface area contributed by atoms with Crippen LogP contribution in [0.3, 0.4) is 0 Å². The summed E-state index contributed by atoms with van der Waals surface area (Å²) in [6, 6.07) is 11.9. The summed E-state index contributed by atoms with van der Waals surface area (Å²) < 4.78 is 18.9. The Bertz CT molecular complexity index is 601. The maximum atomic E-state index is 13.6. The summed E-state index contributed by atoms with van der Waals surface area (Å²) in [5.41, 5.74) is 7.50. The van der Waals surface area contributed by atoms with Crippen LogP contribution in [0.5, 0.6) is 5.75 Å². The molecule has 2 aromatic carbocycles. The number of likely N-dealkylation sites (N-methyl/N-ethyl adjacent to an activating group) is 1. The average molecular weight is 309 g/mol. The Labute approximate surface area is 129 Å². The van der Waals surface area contributed by atoms with Crippen LogP contribution in [0.15, 0.2) is 42.5 Å². The number of ether oxygens (including phenoxy) is 1. The van der Waals surface area contributed by atoms with Gasteiger partial charge < -0.3 is 15.4 Å². The number of para-hydroxylation sites is 2. The molecule has 1 unspecified atom stereocenters. The van der Waals surface area contributed by atoms with Crippen molar-refractivity contribution in [1.29, 1.82) is 0 Å². The van der Waals surface area contributed by atoms with E-state index in [0.717, 1.165) is 17.0 Å². The van der Waals surface area contributed by atoms with Gasteiger partial charge in [0.05, 0.1) is 18.8 Å². The van der Waals surface area contributed by atoms with Crippen molar-refractivity contribution in [2.75, 3.05) is 25.6 Å². The van der Waals surface area contributed by atoms with E-state index in [1.165, 1.54) is 12.1 Å². The van der Waals surface area contributed by atoms with E-state index >= 15 is 0 Å². The van der Waals surface area contributed by atoms with E-state index in [2.05, 4.69) is 0 Å². The highest BCUT2D eigenvalue weighted by Gasteiger charge is 2.19. The lowest BCUT2D eigenvalue weighted by molar-refractivity contribution is 0.413. The summed E-state index contributed by atoms with van der Waals surface area (Å²) in [7, 11) is 3.51. The Balaban J connectivity index is 2.40. The lowest BCUT2D eigenvalue weighted by Gasteiger charge is -2.30. The average Bonchev–Trinajstić information content (AvgIpc) is 2.46. The van der Waals surface area contributed by atoms with Crippen molar-refractivity contribution in [3.63, 3.8) is 0 Å². The van der Waals surface area contributed by atoms with Gasteiger partial charge >= 0.3 is 0 Å². The number of benzene rings is 2. The number of anilines is 1. The maximum absolute atomic E-state index is 13.6. The molecule has 21 heavy (non-hydrogen) atoms. The molecule has 0 saturated carbocycles. The Kier molecular flexibility index (Phi) is 5.04. The van der Waals surface area contributed by atoms with E-state index in [4.69, 9.17) is 22.1 Å². The molecule has 0 spiro atoms. The molecule has 0 aliphatic rings. The van der Waals surface area contributed by atoms with Crippen LogP contribution in [-0.2, 0) is 0 Å². The number of methoxy groups -OCH3 is 1. The molecule has 0 aliphatic carbocycles. The second-order valence-electron chi connectivity index (χ2n) is 4.74. The van der Waals surface area contributed by atoms with Crippen LogP contribution in [0.1, 0.15) is 11.6 Å². The van der Waals surface area contributed by atoms with Gasteiger partial charge in [0.2, 0.25) is 0 Å². The number of halogens is 2. The van der Waals surface area contributed by atoms with Gasteiger partial charge in [-0.3, -0.25) is 0 Å². The smallest absolute Gasteiger partial charge is 0.142 e. The number of rotatable bonds is 5. The van der Waals surface area contributed by atoms with E-state index < -0.39 is 0 Å². The van der Waals surface area contributed by atoms with Crippen LogP contribution in [0.4, 0.5) is 10.1 Å². The molecule has 2 rings (SSSR count). The molecule has 0 amide bonds. The first-order chi connectivity index (χ1) is 10.1.